The van der Waals surface area contributed by atoms with Crippen molar-refractivity contribution >= 4 is 5.97 Å². The van der Waals surface area contributed by atoms with Crippen LogP contribution in [0.1, 0.15) is 72.1 Å². The van der Waals surface area contributed by atoms with E-state index in [4.69, 9.17) is 4.74 Å². The van der Waals surface area contributed by atoms with Gasteiger partial charge in [-0.05, 0) is 80.5 Å². The summed E-state index contributed by atoms with van der Waals surface area (Å²) in [5.41, 5.74) is 0.196. The Morgan fingerprint density at radius 3 is 2.38 bits per heavy atom. The van der Waals surface area contributed by atoms with Crippen molar-refractivity contribution in [3.63, 3.8) is 0 Å². The van der Waals surface area contributed by atoms with Gasteiger partial charge in [0, 0.05) is 24.2 Å². The summed E-state index contributed by atoms with van der Waals surface area (Å²) in [5, 5.41) is 0. The van der Waals surface area contributed by atoms with Crippen LogP contribution in [0.2, 0.25) is 0 Å². The summed E-state index contributed by atoms with van der Waals surface area (Å²) < 4.78 is 34.0. The van der Waals surface area contributed by atoms with Gasteiger partial charge in [0.05, 0.1) is 0 Å². The van der Waals surface area contributed by atoms with Gasteiger partial charge >= 0.3 is 5.97 Å². The minimum absolute atomic E-state index is 0.0555. The molecule has 0 radical (unpaired) electrons. The number of hydrogen-bond acceptors (Lipinski definition) is 2. The van der Waals surface area contributed by atoms with Gasteiger partial charge in [-0.25, -0.2) is 8.78 Å². The summed E-state index contributed by atoms with van der Waals surface area (Å²) in [4.78, 5) is 11.5. The molecule has 9 atom stereocenters. The molecule has 0 bridgehead atoms. The first-order valence-corrected chi connectivity index (χ1v) is 10.7. The smallest absolute Gasteiger partial charge is 0.302 e. The van der Waals surface area contributed by atoms with Crippen molar-refractivity contribution in [1.82, 2.24) is 0 Å². The van der Waals surface area contributed by atoms with Gasteiger partial charge in [0.25, 0.3) is 5.92 Å². The van der Waals surface area contributed by atoms with Crippen LogP contribution in [0.15, 0.2) is 0 Å². The molecule has 0 aromatic rings. The molecule has 26 heavy (non-hydrogen) atoms. The molecule has 5 aliphatic rings. The van der Waals surface area contributed by atoms with Crippen LogP contribution in [0.5, 0.6) is 0 Å². The summed E-state index contributed by atoms with van der Waals surface area (Å²) >= 11 is 0. The number of carbonyl (C=O) groups is 1. The molecular formula is C22H32F2O2. The van der Waals surface area contributed by atoms with Crippen LogP contribution >= 0.6 is 0 Å². The van der Waals surface area contributed by atoms with Crippen LogP contribution in [0.25, 0.3) is 0 Å². The highest BCUT2D eigenvalue weighted by molar-refractivity contribution is 5.66. The minimum Gasteiger partial charge on any atom is -0.462 e. The van der Waals surface area contributed by atoms with Gasteiger partial charge in [0.15, 0.2) is 0 Å². The lowest BCUT2D eigenvalue weighted by molar-refractivity contribution is -0.161. The molecule has 4 heteroatoms. The molecule has 146 valence electrons. The van der Waals surface area contributed by atoms with Crippen LogP contribution in [0.4, 0.5) is 8.78 Å². The first kappa shape index (κ1) is 17.4. The van der Waals surface area contributed by atoms with E-state index < -0.39 is 5.92 Å². The van der Waals surface area contributed by atoms with E-state index in [-0.39, 0.29) is 34.7 Å². The summed E-state index contributed by atoms with van der Waals surface area (Å²) in [6, 6.07) is 0. The first-order valence-electron chi connectivity index (χ1n) is 10.7. The van der Waals surface area contributed by atoms with Gasteiger partial charge in [0.1, 0.15) is 6.10 Å². The Balaban J connectivity index is 1.41. The lowest BCUT2D eigenvalue weighted by Crippen LogP contribution is -2.53. The fraction of sp³-hybridized carbons (Fsp3) is 0.955. The molecule has 0 unspecified atom stereocenters. The number of rotatable bonds is 1. The summed E-state index contributed by atoms with van der Waals surface area (Å²) in [6.45, 7) is 6.19. The van der Waals surface area contributed by atoms with Crippen LogP contribution < -0.4 is 0 Å². The van der Waals surface area contributed by atoms with Crippen LogP contribution in [0, 0.1) is 46.3 Å². The summed E-state index contributed by atoms with van der Waals surface area (Å²) in [6.07, 6.45) is 8.21. The Morgan fingerprint density at radius 2 is 1.65 bits per heavy atom. The van der Waals surface area contributed by atoms with Crippen LogP contribution in [-0.2, 0) is 9.53 Å². The zero-order valence-corrected chi connectivity index (χ0v) is 16.3. The maximum atomic E-state index is 14.1. The first-order chi connectivity index (χ1) is 12.2. The van der Waals surface area contributed by atoms with E-state index in [9.17, 15) is 13.6 Å². The van der Waals surface area contributed by atoms with Gasteiger partial charge in [-0.3, -0.25) is 4.79 Å². The Bertz CT molecular complexity index is 634. The number of esters is 1. The van der Waals surface area contributed by atoms with E-state index >= 15 is 0 Å². The number of hydrogen-bond donors (Lipinski definition) is 0. The van der Waals surface area contributed by atoms with Gasteiger partial charge in [0.2, 0.25) is 0 Å². The molecule has 0 aliphatic heterocycles. The maximum absolute atomic E-state index is 14.1. The van der Waals surface area contributed by atoms with Crippen molar-refractivity contribution in [2.75, 3.05) is 0 Å². The molecule has 0 aromatic carbocycles. The Kier molecular flexibility index (Phi) is 3.50. The monoisotopic (exact) mass is 366 g/mol. The third-order valence-corrected chi connectivity index (χ3v) is 9.85. The highest BCUT2D eigenvalue weighted by atomic mass is 19.3. The maximum Gasteiger partial charge on any atom is 0.302 e. The zero-order valence-electron chi connectivity index (χ0n) is 16.3. The van der Waals surface area contributed by atoms with Crippen LogP contribution in [0.3, 0.4) is 0 Å². The molecule has 5 rings (SSSR count). The average Bonchev–Trinajstić information content (AvgIpc) is 2.91. The predicted molar refractivity (Wildman–Crippen MR) is 94.6 cm³/mol. The molecular weight excluding hydrogens is 334 g/mol. The Hall–Kier alpha value is -0.670. The van der Waals surface area contributed by atoms with Crippen molar-refractivity contribution in [2.24, 2.45) is 46.3 Å². The lowest BCUT2D eigenvalue weighted by Gasteiger charge is -2.60. The van der Waals surface area contributed by atoms with Crippen LogP contribution in [-0.4, -0.2) is 18.0 Å². The Labute approximate surface area is 155 Å². The van der Waals surface area contributed by atoms with Gasteiger partial charge in [-0.1, -0.05) is 13.8 Å². The topological polar surface area (TPSA) is 26.3 Å². The molecule has 5 fully saturated rings. The van der Waals surface area contributed by atoms with Crippen molar-refractivity contribution in [3.05, 3.63) is 0 Å². The van der Waals surface area contributed by atoms with E-state index in [1.54, 1.807) is 0 Å². The highest BCUT2D eigenvalue weighted by Gasteiger charge is 2.74. The lowest BCUT2D eigenvalue weighted by atomic mass is 9.45. The van der Waals surface area contributed by atoms with Crippen molar-refractivity contribution < 1.29 is 18.3 Å². The van der Waals surface area contributed by atoms with Crippen molar-refractivity contribution in [1.29, 1.82) is 0 Å². The number of carbonyl (C=O) groups excluding carboxylic acids is 1. The molecule has 0 heterocycles. The van der Waals surface area contributed by atoms with E-state index in [0.29, 0.717) is 23.7 Å². The van der Waals surface area contributed by atoms with Crippen molar-refractivity contribution in [2.45, 2.75) is 84.2 Å². The summed E-state index contributed by atoms with van der Waals surface area (Å²) in [5.74, 6) is -0.878. The van der Waals surface area contributed by atoms with E-state index in [1.807, 2.05) is 0 Å². The zero-order chi connectivity index (χ0) is 18.5. The minimum atomic E-state index is -2.38. The number of halogens is 2. The molecule has 5 aliphatic carbocycles. The number of fused-ring (bicyclic) bond motifs is 6. The SMILES string of the molecule is CC(=O)O[C@H]1CC[C@H]2[C@@H]3CC[C@H]4C[C@@H]5[C@H](C[C@]4(C)[C@H]3CC[C@]12C)C5(F)F. The fourth-order valence-electron chi connectivity index (χ4n) is 8.43. The second-order valence-electron chi connectivity index (χ2n) is 10.7. The molecule has 0 saturated heterocycles. The quantitative estimate of drug-likeness (QED) is 0.577. The molecule has 0 spiro atoms. The predicted octanol–water partition coefficient (Wildman–Crippen LogP) is 5.45. The van der Waals surface area contributed by atoms with Gasteiger partial charge < -0.3 is 4.74 Å². The normalized spacial score (nSPS) is 56.6. The molecule has 0 aromatic heterocycles. The second-order valence-corrected chi connectivity index (χ2v) is 10.7. The number of alkyl halides is 2. The average molecular weight is 366 g/mol. The van der Waals surface area contributed by atoms with Gasteiger partial charge in [-0.15, -0.1) is 0 Å². The van der Waals surface area contributed by atoms with E-state index in [2.05, 4.69) is 13.8 Å². The number of ether oxygens (including phenoxy) is 1. The van der Waals surface area contributed by atoms with Crippen molar-refractivity contribution in [3.8, 4) is 0 Å². The standard InChI is InChI=1S/C22H32F2O2/c1-12(25)26-19-7-6-15-14-5-4-13-10-17-18(22(17,23)24)11-21(13,3)16(14)8-9-20(15,19)2/h13-19H,4-11H2,1-3H3/t13-,14-,15-,16-,17+,18-,19-,20-,21-/m0/s1. The summed E-state index contributed by atoms with van der Waals surface area (Å²) in [7, 11) is 0. The van der Waals surface area contributed by atoms with E-state index in [0.717, 1.165) is 44.9 Å². The highest BCUT2D eigenvalue weighted by Crippen LogP contribution is 2.73. The van der Waals surface area contributed by atoms with E-state index in [1.165, 1.54) is 13.3 Å². The molecule has 0 N–H and O–H groups in total. The molecule has 2 nitrogen and oxygen atoms in total. The molecule has 0 amide bonds. The largest absolute Gasteiger partial charge is 0.462 e. The Morgan fingerprint density at radius 1 is 0.923 bits per heavy atom. The second kappa shape index (κ2) is 5.23. The fourth-order valence-corrected chi connectivity index (χ4v) is 8.43. The third-order valence-electron chi connectivity index (χ3n) is 9.85. The molecule has 5 saturated carbocycles. The third kappa shape index (κ3) is 2.11. The van der Waals surface area contributed by atoms with Gasteiger partial charge in [-0.2, -0.15) is 0 Å².